The highest BCUT2D eigenvalue weighted by Gasteiger charge is 2.21. The lowest BCUT2D eigenvalue weighted by Gasteiger charge is -2.17. The Morgan fingerprint density at radius 1 is 1.35 bits per heavy atom. The van der Waals surface area contributed by atoms with Gasteiger partial charge in [-0.15, -0.1) is 0 Å². The van der Waals surface area contributed by atoms with Gasteiger partial charge in [-0.1, -0.05) is 31.2 Å². The van der Waals surface area contributed by atoms with Crippen LogP contribution in [0.25, 0.3) is 0 Å². The molecular formula is C15H24N2. The first-order chi connectivity index (χ1) is 8.29. The van der Waals surface area contributed by atoms with Crippen molar-refractivity contribution >= 4 is 0 Å². The third-order valence-corrected chi connectivity index (χ3v) is 3.61. The van der Waals surface area contributed by atoms with Crippen LogP contribution in [0.2, 0.25) is 0 Å². The molecule has 2 heteroatoms. The number of aryl methyl sites for hydroxylation is 1. The van der Waals surface area contributed by atoms with Gasteiger partial charge in [0.25, 0.3) is 0 Å². The number of benzene rings is 1. The topological polar surface area (TPSA) is 15.3 Å². The van der Waals surface area contributed by atoms with Crippen molar-refractivity contribution in [3.63, 3.8) is 0 Å². The first-order valence-electron chi connectivity index (χ1n) is 6.80. The Labute approximate surface area is 105 Å². The molecule has 0 aromatic heterocycles. The first kappa shape index (κ1) is 12.6. The Bertz CT molecular complexity index is 349. The van der Waals surface area contributed by atoms with Gasteiger partial charge in [-0.25, -0.2) is 0 Å². The Morgan fingerprint density at radius 3 is 2.94 bits per heavy atom. The molecule has 17 heavy (non-hydrogen) atoms. The molecule has 1 N–H and O–H groups in total. The highest BCUT2D eigenvalue weighted by atomic mass is 15.2. The van der Waals surface area contributed by atoms with Gasteiger partial charge in [-0.3, -0.25) is 4.90 Å². The second-order valence-electron chi connectivity index (χ2n) is 5.10. The molecule has 0 spiro atoms. The predicted molar refractivity (Wildman–Crippen MR) is 73.2 cm³/mol. The number of hydrogen-bond acceptors (Lipinski definition) is 2. The average molecular weight is 232 g/mol. The van der Waals surface area contributed by atoms with Gasteiger partial charge in [0.2, 0.25) is 0 Å². The lowest BCUT2D eigenvalue weighted by molar-refractivity contribution is 0.319. The third-order valence-electron chi connectivity index (χ3n) is 3.61. The molecule has 0 radical (unpaired) electrons. The standard InChI is InChI=1S/C15H24N2/c1-3-9-16-15-8-10-17(12-15)11-14-7-5-4-6-13(14)2/h4-7,15-16H,3,8-12H2,1-2H3. The summed E-state index contributed by atoms with van der Waals surface area (Å²) in [6.45, 7) is 9.13. The van der Waals surface area contributed by atoms with Crippen LogP contribution in [0.5, 0.6) is 0 Å². The maximum atomic E-state index is 3.62. The van der Waals surface area contributed by atoms with Crippen molar-refractivity contribution in [2.24, 2.45) is 0 Å². The average Bonchev–Trinajstić information content (AvgIpc) is 2.77. The van der Waals surface area contributed by atoms with Gasteiger partial charge >= 0.3 is 0 Å². The van der Waals surface area contributed by atoms with E-state index in [0.717, 1.165) is 13.1 Å². The normalized spacial score (nSPS) is 20.9. The van der Waals surface area contributed by atoms with Gasteiger partial charge < -0.3 is 5.32 Å². The van der Waals surface area contributed by atoms with Crippen molar-refractivity contribution in [3.05, 3.63) is 35.4 Å². The summed E-state index contributed by atoms with van der Waals surface area (Å²) in [7, 11) is 0. The van der Waals surface area contributed by atoms with E-state index >= 15 is 0 Å². The van der Waals surface area contributed by atoms with Crippen molar-refractivity contribution in [1.29, 1.82) is 0 Å². The first-order valence-corrected chi connectivity index (χ1v) is 6.80. The van der Waals surface area contributed by atoms with Crippen LogP contribution >= 0.6 is 0 Å². The number of nitrogens with zero attached hydrogens (tertiary/aromatic N) is 1. The summed E-state index contributed by atoms with van der Waals surface area (Å²) in [5.41, 5.74) is 2.89. The number of nitrogens with one attached hydrogen (secondary N) is 1. The fraction of sp³-hybridized carbons (Fsp3) is 0.600. The fourth-order valence-electron chi connectivity index (χ4n) is 2.52. The summed E-state index contributed by atoms with van der Waals surface area (Å²) in [5, 5.41) is 3.62. The van der Waals surface area contributed by atoms with Crippen molar-refractivity contribution in [2.75, 3.05) is 19.6 Å². The SMILES string of the molecule is CCCNC1CCN(Cc2ccccc2C)C1. The van der Waals surface area contributed by atoms with Crippen molar-refractivity contribution < 1.29 is 0 Å². The second kappa shape index (κ2) is 6.18. The van der Waals surface area contributed by atoms with Crippen LogP contribution in [0.4, 0.5) is 0 Å². The van der Waals surface area contributed by atoms with E-state index in [9.17, 15) is 0 Å². The lowest BCUT2D eigenvalue weighted by atomic mass is 10.1. The molecule has 0 bridgehead atoms. The van der Waals surface area contributed by atoms with Crippen LogP contribution in [-0.2, 0) is 6.54 Å². The summed E-state index contributed by atoms with van der Waals surface area (Å²) in [6.07, 6.45) is 2.53. The molecule has 0 saturated carbocycles. The molecule has 1 aromatic rings. The van der Waals surface area contributed by atoms with Crippen LogP contribution in [0.1, 0.15) is 30.9 Å². The van der Waals surface area contributed by atoms with Crippen LogP contribution in [0, 0.1) is 6.92 Å². The minimum absolute atomic E-state index is 0.707. The zero-order valence-corrected chi connectivity index (χ0v) is 11.1. The van der Waals surface area contributed by atoms with E-state index < -0.39 is 0 Å². The van der Waals surface area contributed by atoms with Crippen LogP contribution in [0.15, 0.2) is 24.3 Å². The van der Waals surface area contributed by atoms with E-state index in [1.165, 1.54) is 37.1 Å². The summed E-state index contributed by atoms with van der Waals surface area (Å²) in [6, 6.07) is 9.43. The third kappa shape index (κ3) is 3.55. The number of hydrogen-bond donors (Lipinski definition) is 1. The van der Waals surface area contributed by atoms with Gasteiger partial charge in [0, 0.05) is 25.7 Å². The van der Waals surface area contributed by atoms with E-state index in [2.05, 4.69) is 48.3 Å². The molecular weight excluding hydrogens is 208 g/mol. The largest absolute Gasteiger partial charge is 0.313 e. The highest BCUT2D eigenvalue weighted by molar-refractivity contribution is 5.25. The van der Waals surface area contributed by atoms with Crippen molar-refractivity contribution in [3.8, 4) is 0 Å². The van der Waals surface area contributed by atoms with E-state index in [1.807, 2.05) is 0 Å². The molecule has 1 heterocycles. The molecule has 1 aliphatic rings. The zero-order chi connectivity index (χ0) is 12.1. The summed E-state index contributed by atoms with van der Waals surface area (Å²) in [4.78, 5) is 2.57. The predicted octanol–water partition coefficient (Wildman–Crippen LogP) is 2.57. The fourth-order valence-corrected chi connectivity index (χ4v) is 2.52. The molecule has 0 aliphatic carbocycles. The molecule has 2 nitrogen and oxygen atoms in total. The number of likely N-dealkylation sites (tertiary alicyclic amines) is 1. The van der Waals surface area contributed by atoms with Gasteiger partial charge in [0.05, 0.1) is 0 Å². The minimum Gasteiger partial charge on any atom is -0.313 e. The Hall–Kier alpha value is -0.860. The van der Waals surface area contributed by atoms with Crippen LogP contribution < -0.4 is 5.32 Å². The Morgan fingerprint density at radius 2 is 2.18 bits per heavy atom. The van der Waals surface area contributed by atoms with Gasteiger partial charge in [0.15, 0.2) is 0 Å². The Kier molecular flexibility index (Phi) is 4.57. The van der Waals surface area contributed by atoms with Crippen LogP contribution in [-0.4, -0.2) is 30.6 Å². The Balaban J connectivity index is 1.83. The molecule has 94 valence electrons. The monoisotopic (exact) mass is 232 g/mol. The molecule has 1 saturated heterocycles. The van der Waals surface area contributed by atoms with E-state index in [4.69, 9.17) is 0 Å². The second-order valence-corrected chi connectivity index (χ2v) is 5.10. The molecule has 1 unspecified atom stereocenters. The maximum Gasteiger partial charge on any atom is 0.0237 e. The quantitative estimate of drug-likeness (QED) is 0.839. The molecule has 2 rings (SSSR count). The molecule has 1 aromatic carbocycles. The molecule has 0 amide bonds. The minimum atomic E-state index is 0.707. The summed E-state index contributed by atoms with van der Waals surface area (Å²) < 4.78 is 0. The number of rotatable bonds is 5. The van der Waals surface area contributed by atoms with Gasteiger partial charge in [0.1, 0.15) is 0 Å². The van der Waals surface area contributed by atoms with E-state index in [1.54, 1.807) is 0 Å². The van der Waals surface area contributed by atoms with Crippen LogP contribution in [0.3, 0.4) is 0 Å². The van der Waals surface area contributed by atoms with Gasteiger partial charge in [-0.2, -0.15) is 0 Å². The lowest BCUT2D eigenvalue weighted by Crippen LogP contribution is -2.32. The maximum absolute atomic E-state index is 3.62. The van der Waals surface area contributed by atoms with Gasteiger partial charge in [-0.05, 0) is 37.4 Å². The smallest absolute Gasteiger partial charge is 0.0237 e. The van der Waals surface area contributed by atoms with E-state index in [-0.39, 0.29) is 0 Å². The van der Waals surface area contributed by atoms with Crippen molar-refractivity contribution in [1.82, 2.24) is 10.2 Å². The zero-order valence-electron chi connectivity index (χ0n) is 11.1. The molecule has 1 aliphatic heterocycles. The molecule has 1 atom stereocenters. The summed E-state index contributed by atoms with van der Waals surface area (Å²) >= 11 is 0. The van der Waals surface area contributed by atoms with Crippen molar-refractivity contribution in [2.45, 2.75) is 39.3 Å². The summed E-state index contributed by atoms with van der Waals surface area (Å²) in [5.74, 6) is 0. The van der Waals surface area contributed by atoms with E-state index in [0.29, 0.717) is 6.04 Å². The highest BCUT2D eigenvalue weighted by Crippen LogP contribution is 2.15. The molecule has 1 fully saturated rings.